The molecule has 2 amide bonds. The number of aromatic nitrogens is 2. The van der Waals surface area contributed by atoms with E-state index in [1.165, 1.54) is 6.33 Å². The molecular weight excluding hydrogens is 395 g/mol. The summed E-state index contributed by atoms with van der Waals surface area (Å²) in [5.41, 5.74) is 3.35. The maximum Gasteiger partial charge on any atom is 0.338 e. The van der Waals surface area contributed by atoms with Gasteiger partial charge in [-0.1, -0.05) is 12.1 Å². The molecule has 1 aromatic heterocycles. The normalized spacial score (nSPS) is 10.4. The van der Waals surface area contributed by atoms with E-state index in [4.69, 9.17) is 0 Å². The molecule has 0 aliphatic carbocycles. The number of benzene rings is 2. The van der Waals surface area contributed by atoms with Gasteiger partial charge < -0.3 is 5.32 Å². The molecule has 2 N–H and O–H groups in total. The monoisotopic (exact) mass is 406 g/mol. The lowest BCUT2D eigenvalue weighted by atomic mass is 10.2. The highest BCUT2D eigenvalue weighted by Crippen LogP contribution is 2.11. The molecule has 1 heterocycles. The fourth-order valence-electron chi connectivity index (χ4n) is 1.95. The summed E-state index contributed by atoms with van der Waals surface area (Å²) in [6, 6.07) is 13.8. The Labute approximate surface area is 139 Å². The quantitative estimate of drug-likeness (QED) is 0.643. The van der Waals surface area contributed by atoms with Gasteiger partial charge in [-0.15, -0.1) is 0 Å². The van der Waals surface area contributed by atoms with Gasteiger partial charge in [-0.3, -0.25) is 4.79 Å². The van der Waals surface area contributed by atoms with Crippen LogP contribution in [0.15, 0.2) is 59.7 Å². The maximum absolute atomic E-state index is 12.2. The average molecular weight is 406 g/mol. The lowest BCUT2D eigenvalue weighted by Gasteiger charge is -2.10. The fourth-order valence-corrected chi connectivity index (χ4v) is 2.31. The Morgan fingerprint density at radius 1 is 1.09 bits per heavy atom. The predicted octanol–water partition coefficient (Wildman–Crippen LogP) is 2.78. The molecule has 0 aliphatic heterocycles. The summed E-state index contributed by atoms with van der Waals surface area (Å²) in [4.78, 5) is 28.3. The molecule has 7 heteroatoms. The zero-order valence-corrected chi connectivity index (χ0v) is 13.4. The minimum Gasteiger partial charge on any atom is -0.307 e. The van der Waals surface area contributed by atoms with Crippen molar-refractivity contribution in [3.05, 3.63) is 68.8 Å². The van der Waals surface area contributed by atoms with Crippen molar-refractivity contribution in [2.24, 2.45) is 0 Å². The minimum atomic E-state index is -0.514. The Morgan fingerprint density at radius 2 is 1.82 bits per heavy atom. The number of nitrogens with one attached hydrogen (secondary N) is 2. The number of urea groups is 1. The predicted molar refractivity (Wildman–Crippen MR) is 93.5 cm³/mol. The van der Waals surface area contributed by atoms with E-state index in [1.807, 2.05) is 12.1 Å². The Bertz CT molecular complexity index is 890. The number of carbonyl (C=O) groups excluding carboxylic acids is 1. The molecule has 0 atom stereocenters. The van der Waals surface area contributed by atoms with Crippen LogP contribution in [0.25, 0.3) is 10.9 Å². The van der Waals surface area contributed by atoms with Crippen molar-refractivity contribution in [2.75, 3.05) is 10.7 Å². The van der Waals surface area contributed by atoms with Crippen LogP contribution < -0.4 is 16.3 Å². The summed E-state index contributed by atoms with van der Waals surface area (Å²) in [5.74, 6) is 0. The van der Waals surface area contributed by atoms with Crippen LogP contribution in [0, 0.1) is 3.57 Å². The number of halogens is 1. The van der Waals surface area contributed by atoms with E-state index in [1.54, 1.807) is 36.4 Å². The molecule has 3 rings (SSSR count). The molecule has 6 nitrogen and oxygen atoms in total. The Kier molecular flexibility index (Phi) is 4.05. The molecule has 22 heavy (non-hydrogen) atoms. The molecule has 0 saturated heterocycles. The van der Waals surface area contributed by atoms with Crippen LogP contribution >= 0.6 is 22.6 Å². The van der Waals surface area contributed by atoms with Gasteiger partial charge in [-0.25, -0.2) is 19.9 Å². The number of amides is 2. The van der Waals surface area contributed by atoms with E-state index < -0.39 is 6.03 Å². The zero-order chi connectivity index (χ0) is 15.5. The Morgan fingerprint density at radius 3 is 2.59 bits per heavy atom. The molecule has 3 aromatic rings. The van der Waals surface area contributed by atoms with Crippen LogP contribution in [0.4, 0.5) is 10.5 Å². The molecule has 0 saturated carbocycles. The highest BCUT2D eigenvalue weighted by atomic mass is 127. The van der Waals surface area contributed by atoms with Crippen LogP contribution in [-0.2, 0) is 0 Å². The third kappa shape index (κ3) is 3.08. The number of fused-ring (bicyclic) bond motifs is 1. The third-order valence-electron chi connectivity index (χ3n) is 2.99. The van der Waals surface area contributed by atoms with Crippen LogP contribution in [-0.4, -0.2) is 15.7 Å². The van der Waals surface area contributed by atoms with Crippen molar-refractivity contribution in [3.63, 3.8) is 0 Å². The molecule has 110 valence electrons. The van der Waals surface area contributed by atoms with Crippen LogP contribution in [0.1, 0.15) is 0 Å². The standard InChI is InChI=1S/C15H11IN4O2/c16-10-5-7-11(8-6-10)18-15(22)19-20-9-17-13-4-2-1-3-12(13)14(20)21/h1-9H,(H2,18,19,22). The molecule has 0 unspecified atom stereocenters. The number of nitrogens with zero attached hydrogens (tertiary/aromatic N) is 2. The Balaban J connectivity index is 1.81. The van der Waals surface area contributed by atoms with Crippen LogP contribution in [0.2, 0.25) is 0 Å². The summed E-state index contributed by atoms with van der Waals surface area (Å²) in [6.07, 6.45) is 1.29. The smallest absolute Gasteiger partial charge is 0.307 e. The van der Waals surface area contributed by atoms with Gasteiger partial charge in [0.1, 0.15) is 6.33 Å². The van der Waals surface area contributed by atoms with Gasteiger partial charge in [0, 0.05) is 9.26 Å². The van der Waals surface area contributed by atoms with E-state index in [0.717, 1.165) is 8.25 Å². The van der Waals surface area contributed by atoms with Crippen molar-refractivity contribution < 1.29 is 4.79 Å². The lowest BCUT2D eigenvalue weighted by Crippen LogP contribution is -2.35. The van der Waals surface area contributed by atoms with Crippen molar-refractivity contribution >= 4 is 45.2 Å². The number of hydrogen-bond acceptors (Lipinski definition) is 3. The van der Waals surface area contributed by atoms with E-state index >= 15 is 0 Å². The van der Waals surface area contributed by atoms with E-state index in [-0.39, 0.29) is 5.56 Å². The second-order valence-electron chi connectivity index (χ2n) is 4.51. The summed E-state index contributed by atoms with van der Waals surface area (Å²) < 4.78 is 2.13. The molecular formula is C15H11IN4O2. The van der Waals surface area contributed by atoms with Gasteiger partial charge in [-0.2, -0.15) is 0 Å². The number of carbonyl (C=O) groups is 1. The van der Waals surface area contributed by atoms with Crippen molar-refractivity contribution in [2.45, 2.75) is 0 Å². The molecule has 0 fully saturated rings. The first-order valence-corrected chi connectivity index (χ1v) is 7.51. The topological polar surface area (TPSA) is 76.0 Å². The van der Waals surface area contributed by atoms with Crippen LogP contribution in [0.3, 0.4) is 0 Å². The number of rotatable bonds is 2. The van der Waals surface area contributed by atoms with Gasteiger partial charge in [0.05, 0.1) is 10.9 Å². The van der Waals surface area contributed by atoms with Gasteiger partial charge in [0.15, 0.2) is 0 Å². The summed E-state index contributed by atoms with van der Waals surface area (Å²) >= 11 is 2.18. The number of anilines is 1. The summed E-state index contributed by atoms with van der Waals surface area (Å²) in [6.45, 7) is 0. The number of para-hydroxylation sites is 1. The highest BCUT2D eigenvalue weighted by Gasteiger charge is 2.06. The van der Waals surface area contributed by atoms with Gasteiger partial charge in [0.25, 0.3) is 5.56 Å². The average Bonchev–Trinajstić information content (AvgIpc) is 2.53. The first kappa shape index (κ1) is 14.5. The maximum atomic E-state index is 12.2. The summed E-state index contributed by atoms with van der Waals surface area (Å²) in [7, 11) is 0. The third-order valence-corrected chi connectivity index (χ3v) is 3.71. The molecule has 0 aliphatic rings. The molecule has 0 radical (unpaired) electrons. The Hall–Kier alpha value is -2.42. The van der Waals surface area contributed by atoms with Crippen LogP contribution in [0.5, 0.6) is 0 Å². The highest BCUT2D eigenvalue weighted by molar-refractivity contribution is 14.1. The van der Waals surface area contributed by atoms with Gasteiger partial charge >= 0.3 is 6.03 Å². The molecule has 0 bridgehead atoms. The number of hydrogen-bond donors (Lipinski definition) is 2. The van der Waals surface area contributed by atoms with Crippen molar-refractivity contribution in [3.8, 4) is 0 Å². The van der Waals surface area contributed by atoms with E-state index in [2.05, 4.69) is 38.3 Å². The second kappa shape index (κ2) is 6.14. The largest absolute Gasteiger partial charge is 0.338 e. The van der Waals surface area contributed by atoms with Gasteiger partial charge in [0.2, 0.25) is 0 Å². The second-order valence-corrected chi connectivity index (χ2v) is 5.76. The van der Waals surface area contributed by atoms with Gasteiger partial charge in [-0.05, 0) is 59.0 Å². The fraction of sp³-hybridized carbons (Fsp3) is 0. The minimum absolute atomic E-state index is 0.330. The lowest BCUT2D eigenvalue weighted by molar-refractivity contribution is 0.259. The van der Waals surface area contributed by atoms with E-state index in [9.17, 15) is 9.59 Å². The first-order chi connectivity index (χ1) is 10.6. The zero-order valence-electron chi connectivity index (χ0n) is 11.3. The van der Waals surface area contributed by atoms with E-state index in [0.29, 0.717) is 16.6 Å². The van der Waals surface area contributed by atoms with Crippen molar-refractivity contribution in [1.29, 1.82) is 0 Å². The SMILES string of the molecule is O=C(Nc1ccc(I)cc1)Nn1cnc2ccccc2c1=O. The molecule has 2 aromatic carbocycles. The summed E-state index contributed by atoms with van der Waals surface area (Å²) in [5, 5.41) is 3.10. The first-order valence-electron chi connectivity index (χ1n) is 6.43. The van der Waals surface area contributed by atoms with Crippen molar-refractivity contribution in [1.82, 2.24) is 9.66 Å². The molecule has 0 spiro atoms.